The molecular formula is C14H21N5O2. The number of nitrogen functional groups attached to an aromatic ring is 1. The first-order valence-electron chi connectivity index (χ1n) is 6.93. The molecule has 2 rings (SSSR count). The number of piperazine rings is 1. The fraction of sp³-hybridized carbons (Fsp3) is 0.429. The van der Waals surface area contributed by atoms with Crippen LogP contribution in [0.4, 0.5) is 5.69 Å². The van der Waals surface area contributed by atoms with Gasteiger partial charge in [0.25, 0.3) is 5.91 Å². The Morgan fingerprint density at radius 1 is 1.38 bits per heavy atom. The van der Waals surface area contributed by atoms with E-state index in [0.717, 1.165) is 0 Å². The van der Waals surface area contributed by atoms with Gasteiger partial charge in [-0.25, -0.2) is 0 Å². The average Bonchev–Trinajstić information content (AvgIpc) is 2.92. The first kappa shape index (κ1) is 15.1. The minimum Gasteiger partial charge on any atom is -0.397 e. The van der Waals surface area contributed by atoms with Crippen LogP contribution in [0.5, 0.6) is 0 Å². The lowest BCUT2D eigenvalue weighted by Crippen LogP contribution is -2.51. The highest BCUT2D eigenvalue weighted by Gasteiger charge is 2.23. The SMILES string of the molecule is C=CCNC(=O)CN1CCN(C(=O)c2cc(N)c[nH]2)CC1. The molecular weight excluding hydrogens is 270 g/mol. The van der Waals surface area contributed by atoms with E-state index in [0.29, 0.717) is 50.6 Å². The monoisotopic (exact) mass is 291 g/mol. The molecule has 0 bridgehead atoms. The Labute approximate surface area is 123 Å². The third-order valence-electron chi connectivity index (χ3n) is 3.41. The van der Waals surface area contributed by atoms with Gasteiger partial charge in [0, 0.05) is 44.6 Å². The summed E-state index contributed by atoms with van der Waals surface area (Å²) in [6.07, 6.45) is 3.25. The van der Waals surface area contributed by atoms with Crippen LogP contribution >= 0.6 is 0 Å². The highest BCUT2D eigenvalue weighted by atomic mass is 16.2. The fourth-order valence-electron chi connectivity index (χ4n) is 2.26. The van der Waals surface area contributed by atoms with Crippen LogP contribution in [0.15, 0.2) is 24.9 Å². The molecule has 2 amide bonds. The smallest absolute Gasteiger partial charge is 0.270 e. The van der Waals surface area contributed by atoms with E-state index in [1.165, 1.54) is 0 Å². The lowest BCUT2D eigenvalue weighted by atomic mass is 10.2. The largest absolute Gasteiger partial charge is 0.397 e. The summed E-state index contributed by atoms with van der Waals surface area (Å²) in [6.45, 7) is 6.96. The van der Waals surface area contributed by atoms with E-state index in [1.807, 2.05) is 4.90 Å². The van der Waals surface area contributed by atoms with Crippen LogP contribution in [0.25, 0.3) is 0 Å². The number of anilines is 1. The van der Waals surface area contributed by atoms with Gasteiger partial charge in [-0.1, -0.05) is 6.08 Å². The summed E-state index contributed by atoms with van der Waals surface area (Å²) in [5.74, 6) is -0.0747. The number of aromatic amines is 1. The number of rotatable bonds is 5. The van der Waals surface area contributed by atoms with Crippen molar-refractivity contribution >= 4 is 17.5 Å². The normalized spacial score (nSPS) is 15.7. The summed E-state index contributed by atoms with van der Waals surface area (Å²) in [4.78, 5) is 30.5. The van der Waals surface area contributed by atoms with Gasteiger partial charge in [0.05, 0.1) is 6.54 Å². The van der Waals surface area contributed by atoms with Crippen molar-refractivity contribution in [1.82, 2.24) is 20.1 Å². The second-order valence-electron chi connectivity index (χ2n) is 5.01. The lowest BCUT2D eigenvalue weighted by Gasteiger charge is -2.34. The van der Waals surface area contributed by atoms with Crippen LogP contribution in [0.3, 0.4) is 0 Å². The summed E-state index contributed by atoms with van der Waals surface area (Å²) >= 11 is 0. The van der Waals surface area contributed by atoms with Crippen LogP contribution < -0.4 is 11.1 Å². The molecule has 4 N–H and O–H groups in total. The summed E-state index contributed by atoms with van der Waals surface area (Å²) in [7, 11) is 0. The number of H-pyrrole nitrogens is 1. The van der Waals surface area contributed by atoms with Crippen LogP contribution in [-0.4, -0.2) is 65.9 Å². The van der Waals surface area contributed by atoms with Gasteiger partial charge in [-0.15, -0.1) is 6.58 Å². The number of nitrogens with zero attached hydrogens (tertiary/aromatic N) is 2. The zero-order valence-corrected chi connectivity index (χ0v) is 12.0. The molecule has 0 unspecified atom stereocenters. The zero-order valence-electron chi connectivity index (χ0n) is 12.0. The number of aromatic nitrogens is 1. The maximum atomic E-state index is 12.2. The molecule has 0 saturated carbocycles. The van der Waals surface area contributed by atoms with E-state index in [-0.39, 0.29) is 11.8 Å². The predicted octanol–water partition coefficient (Wildman–Crippen LogP) is -0.343. The van der Waals surface area contributed by atoms with Gasteiger partial charge < -0.3 is 20.9 Å². The summed E-state index contributed by atoms with van der Waals surface area (Å²) in [5, 5.41) is 2.74. The maximum Gasteiger partial charge on any atom is 0.270 e. The molecule has 1 fully saturated rings. The molecule has 21 heavy (non-hydrogen) atoms. The number of nitrogens with two attached hydrogens (primary N) is 1. The van der Waals surface area contributed by atoms with Gasteiger partial charge in [0.2, 0.25) is 5.91 Å². The van der Waals surface area contributed by atoms with Crippen molar-refractivity contribution in [3.05, 3.63) is 30.6 Å². The minimum atomic E-state index is -0.0533. The van der Waals surface area contributed by atoms with E-state index in [4.69, 9.17) is 5.73 Å². The van der Waals surface area contributed by atoms with Gasteiger partial charge in [-0.05, 0) is 6.07 Å². The molecule has 0 spiro atoms. The Bertz CT molecular complexity index is 517. The number of carbonyl (C=O) groups is 2. The van der Waals surface area contributed by atoms with Crippen LogP contribution in [-0.2, 0) is 4.79 Å². The minimum absolute atomic E-state index is 0.0215. The predicted molar refractivity (Wildman–Crippen MR) is 80.8 cm³/mol. The summed E-state index contributed by atoms with van der Waals surface area (Å²) < 4.78 is 0. The molecule has 1 aliphatic rings. The molecule has 2 heterocycles. The van der Waals surface area contributed by atoms with Gasteiger partial charge in [0.1, 0.15) is 5.69 Å². The second kappa shape index (κ2) is 6.94. The van der Waals surface area contributed by atoms with Crippen molar-refractivity contribution in [1.29, 1.82) is 0 Å². The first-order valence-corrected chi connectivity index (χ1v) is 6.93. The van der Waals surface area contributed by atoms with Crippen molar-refractivity contribution in [3.8, 4) is 0 Å². The topological polar surface area (TPSA) is 94.5 Å². The quantitative estimate of drug-likeness (QED) is 0.647. The molecule has 0 atom stereocenters. The Morgan fingerprint density at radius 3 is 2.67 bits per heavy atom. The molecule has 0 radical (unpaired) electrons. The van der Waals surface area contributed by atoms with E-state index in [1.54, 1.807) is 23.2 Å². The van der Waals surface area contributed by atoms with E-state index in [2.05, 4.69) is 16.9 Å². The van der Waals surface area contributed by atoms with E-state index >= 15 is 0 Å². The van der Waals surface area contributed by atoms with Crippen molar-refractivity contribution in [2.45, 2.75) is 0 Å². The molecule has 1 saturated heterocycles. The number of hydrogen-bond donors (Lipinski definition) is 3. The van der Waals surface area contributed by atoms with Crippen LogP contribution in [0, 0.1) is 0 Å². The molecule has 1 aromatic heterocycles. The molecule has 0 aromatic carbocycles. The number of carbonyl (C=O) groups excluding carboxylic acids is 2. The van der Waals surface area contributed by atoms with Gasteiger partial charge >= 0.3 is 0 Å². The van der Waals surface area contributed by atoms with Crippen molar-refractivity contribution in [2.75, 3.05) is 45.0 Å². The van der Waals surface area contributed by atoms with Crippen molar-refractivity contribution < 1.29 is 9.59 Å². The van der Waals surface area contributed by atoms with Crippen molar-refractivity contribution in [3.63, 3.8) is 0 Å². The fourth-order valence-corrected chi connectivity index (χ4v) is 2.26. The molecule has 1 aromatic rings. The molecule has 114 valence electrons. The van der Waals surface area contributed by atoms with E-state index in [9.17, 15) is 9.59 Å². The molecule has 7 nitrogen and oxygen atoms in total. The van der Waals surface area contributed by atoms with Gasteiger partial charge in [-0.3, -0.25) is 14.5 Å². The second-order valence-corrected chi connectivity index (χ2v) is 5.01. The zero-order chi connectivity index (χ0) is 15.2. The third-order valence-corrected chi connectivity index (χ3v) is 3.41. The highest BCUT2D eigenvalue weighted by molar-refractivity contribution is 5.93. The average molecular weight is 291 g/mol. The summed E-state index contributed by atoms with van der Waals surface area (Å²) in [5.41, 5.74) is 6.66. The molecule has 7 heteroatoms. The summed E-state index contributed by atoms with van der Waals surface area (Å²) in [6, 6.07) is 1.64. The lowest BCUT2D eigenvalue weighted by molar-refractivity contribution is -0.122. The van der Waals surface area contributed by atoms with Crippen molar-refractivity contribution in [2.24, 2.45) is 0 Å². The molecule has 1 aliphatic heterocycles. The van der Waals surface area contributed by atoms with Gasteiger partial charge in [-0.2, -0.15) is 0 Å². The van der Waals surface area contributed by atoms with Crippen LogP contribution in [0.2, 0.25) is 0 Å². The third kappa shape index (κ3) is 4.09. The number of nitrogens with one attached hydrogen (secondary N) is 2. The Kier molecular flexibility index (Phi) is 4.99. The van der Waals surface area contributed by atoms with Crippen LogP contribution in [0.1, 0.15) is 10.5 Å². The number of amides is 2. The first-order chi connectivity index (χ1) is 10.1. The standard InChI is InChI=1S/C14H21N5O2/c1-2-3-16-13(20)10-18-4-6-19(7-5-18)14(21)12-8-11(15)9-17-12/h2,8-9,17H,1,3-7,10,15H2,(H,16,20). The Morgan fingerprint density at radius 2 is 2.10 bits per heavy atom. The highest BCUT2D eigenvalue weighted by Crippen LogP contribution is 2.10. The van der Waals surface area contributed by atoms with Gasteiger partial charge in [0.15, 0.2) is 0 Å². The Hall–Kier alpha value is -2.28. The molecule has 0 aliphatic carbocycles. The number of hydrogen-bond acceptors (Lipinski definition) is 4. The maximum absolute atomic E-state index is 12.2. The Balaban J connectivity index is 1.79. The van der Waals surface area contributed by atoms with E-state index < -0.39 is 0 Å².